The van der Waals surface area contributed by atoms with Crippen LogP contribution in [-0.2, 0) is 15.1 Å². The van der Waals surface area contributed by atoms with Crippen molar-refractivity contribution in [2.45, 2.75) is 50.7 Å². The van der Waals surface area contributed by atoms with E-state index < -0.39 is 11.6 Å². The Balaban J connectivity index is 2.04. The van der Waals surface area contributed by atoms with E-state index in [2.05, 4.69) is 31.4 Å². The average Bonchev–Trinajstić information content (AvgIpc) is 3.05. The molecular weight excluding hydrogens is 471 g/mol. The summed E-state index contributed by atoms with van der Waals surface area (Å²) in [5, 5.41) is 7.84. The molecule has 0 radical (unpaired) electrons. The van der Waals surface area contributed by atoms with Gasteiger partial charge in [0.25, 0.3) is 0 Å². The van der Waals surface area contributed by atoms with Crippen LogP contribution in [0.1, 0.15) is 44.2 Å². The Labute approximate surface area is 212 Å². The second-order valence-corrected chi connectivity index (χ2v) is 11.0. The number of carbonyl (C=O) groups excluding carboxylic acids is 1. The quantitative estimate of drug-likeness (QED) is 0.387. The van der Waals surface area contributed by atoms with E-state index in [9.17, 15) is 4.79 Å². The Kier molecular flexibility index (Phi) is 9.01. The molecule has 8 heteroatoms. The summed E-state index contributed by atoms with van der Waals surface area (Å²) in [6.45, 7) is 8.21. The summed E-state index contributed by atoms with van der Waals surface area (Å²) >= 11 is 12.6. The van der Waals surface area contributed by atoms with E-state index in [0.29, 0.717) is 36.3 Å². The van der Waals surface area contributed by atoms with Crippen molar-refractivity contribution in [2.24, 2.45) is 16.9 Å². The summed E-state index contributed by atoms with van der Waals surface area (Å²) in [6, 6.07) is 14.5. The summed E-state index contributed by atoms with van der Waals surface area (Å²) in [7, 11) is 0. The van der Waals surface area contributed by atoms with Gasteiger partial charge in [-0.1, -0.05) is 68.2 Å². The molecule has 1 heterocycles. The molecule has 4 unspecified atom stereocenters. The summed E-state index contributed by atoms with van der Waals surface area (Å²) in [6.07, 6.45) is 0.770. The van der Waals surface area contributed by atoms with Gasteiger partial charge in [0.15, 0.2) is 0 Å². The SMILES string of the molecule is CC(C)(C)CC1NC(C(=O)NCCOCCN)C(c2cccc(Cl)c2)C1(N)c1ccc(Cl)cc1. The molecule has 1 amide bonds. The van der Waals surface area contributed by atoms with Gasteiger partial charge in [-0.05, 0) is 47.2 Å². The zero-order valence-electron chi connectivity index (χ0n) is 20.1. The molecule has 1 saturated heterocycles. The van der Waals surface area contributed by atoms with Crippen LogP contribution < -0.4 is 22.1 Å². The normalized spacial score (nSPS) is 24.9. The van der Waals surface area contributed by atoms with Crippen LogP contribution in [0.4, 0.5) is 0 Å². The highest BCUT2D eigenvalue weighted by Crippen LogP contribution is 2.48. The van der Waals surface area contributed by atoms with E-state index >= 15 is 0 Å². The predicted molar refractivity (Wildman–Crippen MR) is 139 cm³/mol. The van der Waals surface area contributed by atoms with Crippen LogP contribution in [0.5, 0.6) is 0 Å². The summed E-state index contributed by atoms with van der Waals surface area (Å²) < 4.78 is 5.42. The van der Waals surface area contributed by atoms with Gasteiger partial charge in [0.1, 0.15) is 0 Å². The van der Waals surface area contributed by atoms with Crippen LogP contribution >= 0.6 is 23.2 Å². The smallest absolute Gasteiger partial charge is 0.237 e. The molecule has 4 atom stereocenters. The first kappa shape index (κ1) is 26.9. The van der Waals surface area contributed by atoms with Crippen molar-refractivity contribution in [1.82, 2.24) is 10.6 Å². The number of carbonyl (C=O) groups is 1. The van der Waals surface area contributed by atoms with Gasteiger partial charge in [0.05, 0.1) is 24.8 Å². The topological polar surface area (TPSA) is 102 Å². The van der Waals surface area contributed by atoms with Crippen molar-refractivity contribution in [2.75, 3.05) is 26.3 Å². The third-order valence-corrected chi connectivity index (χ3v) is 6.75. The number of hydrogen-bond donors (Lipinski definition) is 4. The summed E-state index contributed by atoms with van der Waals surface area (Å²) in [5.41, 5.74) is 13.8. The average molecular weight is 508 g/mol. The van der Waals surface area contributed by atoms with Crippen LogP contribution in [0.25, 0.3) is 0 Å². The number of hydrogen-bond acceptors (Lipinski definition) is 5. The Morgan fingerprint density at radius 1 is 1.12 bits per heavy atom. The van der Waals surface area contributed by atoms with Crippen molar-refractivity contribution in [3.63, 3.8) is 0 Å². The molecule has 34 heavy (non-hydrogen) atoms. The predicted octanol–water partition coefficient (Wildman–Crippen LogP) is 3.80. The Hall–Kier alpha value is -1.67. The molecular formula is C26H36Cl2N4O2. The van der Waals surface area contributed by atoms with Crippen molar-refractivity contribution in [3.8, 4) is 0 Å². The van der Waals surface area contributed by atoms with E-state index in [-0.39, 0.29) is 23.3 Å². The highest BCUT2D eigenvalue weighted by Gasteiger charge is 2.56. The fourth-order valence-corrected chi connectivity index (χ4v) is 5.16. The molecule has 0 spiro atoms. The largest absolute Gasteiger partial charge is 0.378 e. The third-order valence-electron chi connectivity index (χ3n) is 6.26. The van der Waals surface area contributed by atoms with Crippen molar-refractivity contribution in [1.29, 1.82) is 0 Å². The van der Waals surface area contributed by atoms with Gasteiger partial charge in [0.2, 0.25) is 5.91 Å². The standard InChI is InChI=1S/C26H36Cl2N4O2/c1-25(2,3)16-21-26(30,18-7-9-19(27)10-8-18)22(17-5-4-6-20(28)15-17)23(32-21)24(33)31-12-14-34-13-11-29/h4-10,15,21-23,32H,11-14,16,29-30H2,1-3H3,(H,31,33). The molecule has 3 rings (SSSR count). The molecule has 0 aliphatic carbocycles. The van der Waals surface area contributed by atoms with Gasteiger partial charge < -0.3 is 26.8 Å². The van der Waals surface area contributed by atoms with E-state index in [1.807, 2.05) is 48.5 Å². The monoisotopic (exact) mass is 506 g/mol. The zero-order valence-corrected chi connectivity index (χ0v) is 21.6. The number of nitrogens with one attached hydrogen (secondary N) is 2. The lowest BCUT2D eigenvalue weighted by molar-refractivity contribution is -0.123. The Morgan fingerprint density at radius 3 is 2.44 bits per heavy atom. The number of nitrogens with two attached hydrogens (primary N) is 2. The minimum Gasteiger partial charge on any atom is -0.378 e. The van der Waals surface area contributed by atoms with Crippen LogP contribution in [0.15, 0.2) is 48.5 Å². The number of amides is 1. The van der Waals surface area contributed by atoms with E-state index in [1.54, 1.807) is 0 Å². The minimum atomic E-state index is -0.874. The van der Waals surface area contributed by atoms with Gasteiger partial charge >= 0.3 is 0 Å². The van der Waals surface area contributed by atoms with E-state index in [4.69, 9.17) is 39.4 Å². The van der Waals surface area contributed by atoms with Gasteiger partial charge in [-0.25, -0.2) is 0 Å². The Morgan fingerprint density at radius 2 is 1.82 bits per heavy atom. The molecule has 6 nitrogen and oxygen atoms in total. The fourth-order valence-electron chi connectivity index (χ4n) is 4.84. The first-order valence-corrected chi connectivity index (χ1v) is 12.4. The fraction of sp³-hybridized carbons (Fsp3) is 0.500. The highest BCUT2D eigenvalue weighted by molar-refractivity contribution is 6.30. The molecule has 0 aromatic heterocycles. The zero-order chi connectivity index (χ0) is 24.9. The number of rotatable bonds is 9. The molecule has 0 bridgehead atoms. The lowest BCUT2D eigenvalue weighted by Gasteiger charge is -2.39. The minimum absolute atomic E-state index is 0.0188. The van der Waals surface area contributed by atoms with Crippen molar-refractivity contribution in [3.05, 3.63) is 69.7 Å². The van der Waals surface area contributed by atoms with Crippen LogP contribution in [0.2, 0.25) is 10.0 Å². The van der Waals surface area contributed by atoms with Crippen molar-refractivity contribution < 1.29 is 9.53 Å². The first-order valence-electron chi connectivity index (χ1n) is 11.7. The molecule has 0 saturated carbocycles. The van der Waals surface area contributed by atoms with Crippen molar-refractivity contribution >= 4 is 29.1 Å². The molecule has 2 aromatic rings. The van der Waals surface area contributed by atoms with Crippen LogP contribution in [0.3, 0.4) is 0 Å². The Bertz CT molecular complexity index is 964. The van der Waals surface area contributed by atoms with E-state index in [0.717, 1.165) is 17.5 Å². The third kappa shape index (κ3) is 6.30. The van der Waals surface area contributed by atoms with Gasteiger partial charge in [-0.3, -0.25) is 4.79 Å². The van der Waals surface area contributed by atoms with Gasteiger partial charge in [0, 0.05) is 35.1 Å². The number of halogens is 2. The molecule has 1 aliphatic heterocycles. The molecule has 2 aromatic carbocycles. The van der Waals surface area contributed by atoms with Crippen LogP contribution in [-0.4, -0.2) is 44.3 Å². The molecule has 1 aliphatic rings. The number of ether oxygens (including phenoxy) is 1. The van der Waals surface area contributed by atoms with Gasteiger partial charge in [-0.15, -0.1) is 0 Å². The summed E-state index contributed by atoms with van der Waals surface area (Å²) in [5.74, 6) is -0.480. The van der Waals surface area contributed by atoms with Gasteiger partial charge in [-0.2, -0.15) is 0 Å². The maximum Gasteiger partial charge on any atom is 0.237 e. The lowest BCUT2D eigenvalue weighted by atomic mass is 9.68. The summed E-state index contributed by atoms with van der Waals surface area (Å²) in [4.78, 5) is 13.5. The molecule has 1 fully saturated rings. The van der Waals surface area contributed by atoms with E-state index in [1.165, 1.54) is 0 Å². The molecule has 186 valence electrons. The lowest BCUT2D eigenvalue weighted by Crippen LogP contribution is -2.51. The maximum atomic E-state index is 13.5. The second kappa shape index (κ2) is 11.4. The number of benzene rings is 2. The first-order chi connectivity index (χ1) is 16.1. The van der Waals surface area contributed by atoms with Crippen LogP contribution in [0, 0.1) is 5.41 Å². The maximum absolute atomic E-state index is 13.5. The highest BCUT2D eigenvalue weighted by atomic mass is 35.5. The second-order valence-electron chi connectivity index (χ2n) is 10.1. The molecule has 6 N–H and O–H groups in total.